The highest BCUT2D eigenvalue weighted by atomic mass is 19.3. The van der Waals surface area contributed by atoms with Crippen LogP contribution in [-0.2, 0) is 5.92 Å². The van der Waals surface area contributed by atoms with Gasteiger partial charge in [-0.3, -0.25) is 4.79 Å². The van der Waals surface area contributed by atoms with E-state index in [1.165, 1.54) is 0 Å². The van der Waals surface area contributed by atoms with Gasteiger partial charge in [0.15, 0.2) is 11.4 Å². The van der Waals surface area contributed by atoms with Crippen molar-refractivity contribution in [1.82, 2.24) is 0 Å². The van der Waals surface area contributed by atoms with Crippen LogP contribution < -0.4 is 0 Å². The summed E-state index contributed by atoms with van der Waals surface area (Å²) >= 11 is 0. The summed E-state index contributed by atoms with van der Waals surface area (Å²) in [6, 6.07) is 2.94. The summed E-state index contributed by atoms with van der Waals surface area (Å²) in [4.78, 5) is 11.1. The maximum absolute atomic E-state index is 13.9. The molecule has 1 unspecified atom stereocenters. The molecule has 0 fully saturated rings. The average molecular weight is 262 g/mol. The Morgan fingerprint density at radius 2 is 1.94 bits per heavy atom. The number of hydrogen-bond acceptors (Lipinski definition) is 3. The molecule has 0 aliphatic carbocycles. The molecule has 0 heterocycles. The van der Waals surface area contributed by atoms with Gasteiger partial charge in [-0.05, 0) is 26.0 Å². The van der Waals surface area contributed by atoms with Gasteiger partial charge in [-0.2, -0.15) is 8.78 Å². The van der Waals surface area contributed by atoms with Crippen LogP contribution in [-0.4, -0.2) is 28.2 Å². The fraction of sp³-hybridized carbons (Fsp3) is 0.417. The molecule has 18 heavy (non-hydrogen) atoms. The molecule has 0 radical (unpaired) electrons. The van der Waals surface area contributed by atoms with Crippen molar-refractivity contribution < 1.29 is 28.2 Å². The van der Waals surface area contributed by atoms with Crippen LogP contribution in [0.5, 0.6) is 0 Å². The van der Waals surface area contributed by atoms with E-state index in [1.54, 1.807) is 0 Å². The van der Waals surface area contributed by atoms with Crippen molar-refractivity contribution in [3.63, 3.8) is 0 Å². The molecule has 100 valence electrons. The van der Waals surface area contributed by atoms with Gasteiger partial charge in [0.05, 0.1) is 17.7 Å². The Morgan fingerprint density at radius 1 is 1.39 bits per heavy atom. The van der Waals surface area contributed by atoms with Crippen molar-refractivity contribution >= 4 is 5.78 Å². The van der Waals surface area contributed by atoms with Crippen molar-refractivity contribution in [2.75, 3.05) is 6.61 Å². The van der Waals surface area contributed by atoms with E-state index in [2.05, 4.69) is 0 Å². The standard InChI is InChI=1S/C12H13F3O3/c1-7(17)8-4-3-5-9(10(8)13)12(14,15)11(2,18)6-16/h3-5,16,18H,6H2,1-2H3. The molecular formula is C12H13F3O3. The minimum atomic E-state index is -4.02. The van der Waals surface area contributed by atoms with E-state index in [4.69, 9.17) is 5.11 Å². The number of alkyl halides is 2. The molecule has 1 atom stereocenters. The van der Waals surface area contributed by atoms with Gasteiger partial charge in [-0.25, -0.2) is 4.39 Å². The molecule has 0 bridgehead atoms. The number of aliphatic hydroxyl groups excluding tert-OH is 1. The average Bonchev–Trinajstić information content (AvgIpc) is 2.28. The van der Waals surface area contributed by atoms with E-state index in [0.717, 1.165) is 25.1 Å². The van der Waals surface area contributed by atoms with Crippen molar-refractivity contribution in [1.29, 1.82) is 0 Å². The Balaban J connectivity index is 3.43. The Kier molecular flexibility index (Phi) is 3.83. The van der Waals surface area contributed by atoms with Crippen molar-refractivity contribution in [2.24, 2.45) is 0 Å². The summed E-state index contributed by atoms with van der Waals surface area (Å²) in [5.74, 6) is -6.10. The Morgan fingerprint density at radius 3 is 2.39 bits per heavy atom. The zero-order valence-corrected chi connectivity index (χ0v) is 9.88. The zero-order valence-electron chi connectivity index (χ0n) is 9.88. The number of ketones is 1. The van der Waals surface area contributed by atoms with E-state index < -0.39 is 40.9 Å². The van der Waals surface area contributed by atoms with Crippen molar-refractivity contribution in [3.8, 4) is 0 Å². The molecular weight excluding hydrogens is 249 g/mol. The number of carbonyl (C=O) groups is 1. The molecule has 3 nitrogen and oxygen atoms in total. The van der Waals surface area contributed by atoms with Crippen LogP contribution in [0.15, 0.2) is 18.2 Å². The van der Waals surface area contributed by atoms with Gasteiger partial charge in [-0.15, -0.1) is 0 Å². The maximum Gasteiger partial charge on any atom is 0.306 e. The highest BCUT2D eigenvalue weighted by Gasteiger charge is 2.52. The summed E-state index contributed by atoms with van der Waals surface area (Å²) in [6.45, 7) is 0.487. The number of Topliss-reactive ketones (excluding diaryl/α,β-unsaturated/α-hetero) is 1. The number of hydrogen-bond donors (Lipinski definition) is 2. The van der Waals surface area contributed by atoms with Crippen LogP contribution in [0.4, 0.5) is 13.2 Å². The molecule has 1 aromatic carbocycles. The minimum absolute atomic E-state index is 0.485. The molecule has 2 N–H and O–H groups in total. The van der Waals surface area contributed by atoms with Gasteiger partial charge < -0.3 is 10.2 Å². The largest absolute Gasteiger partial charge is 0.393 e. The smallest absolute Gasteiger partial charge is 0.306 e. The minimum Gasteiger partial charge on any atom is -0.393 e. The summed E-state index contributed by atoms with van der Waals surface area (Å²) < 4.78 is 41.5. The van der Waals surface area contributed by atoms with Gasteiger partial charge >= 0.3 is 5.92 Å². The summed E-state index contributed by atoms with van der Waals surface area (Å²) in [5, 5.41) is 18.1. The topological polar surface area (TPSA) is 57.5 Å². The number of rotatable bonds is 4. The van der Waals surface area contributed by atoms with Gasteiger partial charge in [0.25, 0.3) is 0 Å². The van der Waals surface area contributed by atoms with Gasteiger partial charge in [0, 0.05) is 0 Å². The first-order valence-corrected chi connectivity index (χ1v) is 5.16. The maximum atomic E-state index is 13.9. The lowest BCUT2D eigenvalue weighted by Gasteiger charge is -2.31. The highest BCUT2D eigenvalue weighted by molar-refractivity contribution is 5.94. The quantitative estimate of drug-likeness (QED) is 0.814. The van der Waals surface area contributed by atoms with Crippen LogP contribution >= 0.6 is 0 Å². The molecule has 0 saturated heterocycles. The predicted octanol–water partition coefficient (Wildman–Crippen LogP) is 1.86. The lowest BCUT2D eigenvalue weighted by Crippen LogP contribution is -2.47. The number of carbonyl (C=O) groups excluding carboxylic acids is 1. The van der Waals surface area contributed by atoms with E-state index >= 15 is 0 Å². The van der Waals surface area contributed by atoms with Crippen molar-refractivity contribution in [2.45, 2.75) is 25.4 Å². The second kappa shape index (κ2) is 4.70. The molecule has 0 amide bonds. The third-order valence-electron chi connectivity index (χ3n) is 2.70. The first kappa shape index (κ1) is 14.7. The van der Waals surface area contributed by atoms with Crippen LogP contribution in [0.3, 0.4) is 0 Å². The van der Waals surface area contributed by atoms with Crippen LogP contribution in [0, 0.1) is 5.82 Å². The monoisotopic (exact) mass is 262 g/mol. The van der Waals surface area contributed by atoms with Gasteiger partial charge in [0.1, 0.15) is 5.82 Å². The Bertz CT molecular complexity index is 470. The van der Waals surface area contributed by atoms with E-state index in [0.29, 0.717) is 6.92 Å². The fourth-order valence-corrected chi connectivity index (χ4v) is 1.44. The number of aliphatic hydroxyl groups is 2. The summed E-state index contributed by atoms with van der Waals surface area (Å²) in [7, 11) is 0. The predicted molar refractivity (Wildman–Crippen MR) is 58.0 cm³/mol. The van der Waals surface area contributed by atoms with Crippen LogP contribution in [0.25, 0.3) is 0 Å². The van der Waals surface area contributed by atoms with Crippen LogP contribution in [0.2, 0.25) is 0 Å². The Hall–Kier alpha value is -1.40. The van der Waals surface area contributed by atoms with Gasteiger partial charge in [0.2, 0.25) is 0 Å². The number of benzene rings is 1. The molecule has 0 aliphatic rings. The Labute approximate surface area is 102 Å². The first-order valence-electron chi connectivity index (χ1n) is 5.16. The normalized spacial score (nSPS) is 15.3. The zero-order chi connectivity index (χ0) is 14.1. The molecule has 0 aromatic heterocycles. The third-order valence-corrected chi connectivity index (χ3v) is 2.70. The fourth-order valence-electron chi connectivity index (χ4n) is 1.44. The summed E-state index contributed by atoms with van der Waals surface area (Å²) in [5.41, 5.74) is -4.42. The SMILES string of the molecule is CC(=O)c1cccc(C(F)(F)C(C)(O)CO)c1F. The molecule has 1 rings (SSSR count). The lowest BCUT2D eigenvalue weighted by atomic mass is 9.90. The highest BCUT2D eigenvalue weighted by Crippen LogP contribution is 2.40. The molecule has 6 heteroatoms. The van der Waals surface area contributed by atoms with Gasteiger partial charge in [-0.1, -0.05) is 6.07 Å². The molecule has 0 aliphatic heterocycles. The number of halogens is 3. The second-order valence-electron chi connectivity index (χ2n) is 4.23. The molecule has 0 saturated carbocycles. The van der Waals surface area contributed by atoms with Crippen molar-refractivity contribution in [3.05, 3.63) is 35.1 Å². The lowest BCUT2D eigenvalue weighted by molar-refractivity contribution is -0.196. The van der Waals surface area contributed by atoms with Crippen LogP contribution in [0.1, 0.15) is 29.8 Å². The third kappa shape index (κ3) is 2.26. The molecule has 0 spiro atoms. The second-order valence-corrected chi connectivity index (χ2v) is 4.23. The molecule has 1 aromatic rings. The van der Waals surface area contributed by atoms with E-state index in [-0.39, 0.29) is 0 Å². The van der Waals surface area contributed by atoms with E-state index in [1.807, 2.05) is 0 Å². The summed E-state index contributed by atoms with van der Waals surface area (Å²) in [6.07, 6.45) is 0. The van der Waals surface area contributed by atoms with E-state index in [9.17, 15) is 23.1 Å². The first-order chi connectivity index (χ1) is 8.15.